The summed E-state index contributed by atoms with van der Waals surface area (Å²) in [6.45, 7) is 1.84. The molecule has 2 heterocycles. The van der Waals surface area contributed by atoms with Crippen LogP contribution in [-0.4, -0.2) is 59.9 Å². The van der Waals surface area contributed by atoms with Gasteiger partial charge in [0, 0.05) is 53.8 Å². The Bertz CT molecular complexity index is 1310. The number of hydrogen-bond acceptors (Lipinski definition) is 6. The molecule has 2 aromatic carbocycles. The minimum absolute atomic E-state index is 0.0336. The Hall–Kier alpha value is -3.01. The van der Waals surface area contributed by atoms with E-state index >= 15 is 0 Å². The van der Waals surface area contributed by atoms with E-state index in [1.54, 1.807) is 43.5 Å². The molecule has 2 aliphatic rings. The van der Waals surface area contributed by atoms with Gasteiger partial charge in [-0.2, -0.15) is 0 Å². The van der Waals surface area contributed by atoms with E-state index in [1.807, 2.05) is 11.9 Å². The van der Waals surface area contributed by atoms with Gasteiger partial charge in [-0.05, 0) is 62.1 Å². The SMILES string of the molecule is COc1ccc(C(=O)Nc2nc3c(s2)CCCC3C(=O)N(C)C2CCN(Cc3c(F)cccc3Cl)C2)cc1. The predicted octanol–water partition coefficient (Wildman–Crippen LogP) is 5.35. The smallest absolute Gasteiger partial charge is 0.257 e. The number of carbonyl (C=O) groups is 2. The molecule has 1 aliphatic heterocycles. The average Bonchev–Trinajstić information content (AvgIpc) is 3.56. The zero-order valence-electron chi connectivity index (χ0n) is 21.4. The lowest BCUT2D eigenvalue weighted by Gasteiger charge is -2.30. The first kappa shape index (κ1) is 26.6. The number of ether oxygens (including phenoxy) is 1. The van der Waals surface area contributed by atoms with Crippen LogP contribution < -0.4 is 10.1 Å². The first-order chi connectivity index (χ1) is 18.3. The molecule has 0 bridgehead atoms. The highest BCUT2D eigenvalue weighted by atomic mass is 35.5. The van der Waals surface area contributed by atoms with E-state index in [9.17, 15) is 14.0 Å². The minimum atomic E-state index is -0.332. The van der Waals surface area contributed by atoms with Crippen molar-refractivity contribution >= 4 is 39.9 Å². The zero-order chi connectivity index (χ0) is 26.8. The summed E-state index contributed by atoms with van der Waals surface area (Å²) in [5, 5.41) is 3.82. The van der Waals surface area contributed by atoms with Crippen molar-refractivity contribution in [3.8, 4) is 5.75 Å². The third-order valence-corrected chi connectivity index (χ3v) is 8.81. The van der Waals surface area contributed by atoms with Crippen molar-refractivity contribution in [2.24, 2.45) is 0 Å². The number of aromatic nitrogens is 1. The van der Waals surface area contributed by atoms with Crippen LogP contribution in [0.25, 0.3) is 0 Å². The minimum Gasteiger partial charge on any atom is -0.497 e. The van der Waals surface area contributed by atoms with Crippen molar-refractivity contribution in [2.75, 3.05) is 32.6 Å². The molecule has 2 unspecified atom stereocenters. The number of aryl methyl sites for hydroxylation is 1. The van der Waals surface area contributed by atoms with E-state index in [4.69, 9.17) is 21.3 Å². The largest absolute Gasteiger partial charge is 0.497 e. The van der Waals surface area contributed by atoms with E-state index < -0.39 is 0 Å². The number of likely N-dealkylation sites (tertiary alicyclic amines) is 1. The summed E-state index contributed by atoms with van der Waals surface area (Å²) >= 11 is 7.66. The Morgan fingerprint density at radius 1 is 1.24 bits per heavy atom. The zero-order valence-corrected chi connectivity index (χ0v) is 22.9. The van der Waals surface area contributed by atoms with Gasteiger partial charge in [-0.15, -0.1) is 11.3 Å². The molecule has 0 spiro atoms. The monoisotopic (exact) mass is 556 g/mol. The third kappa shape index (κ3) is 5.55. The molecule has 10 heteroatoms. The summed E-state index contributed by atoms with van der Waals surface area (Å²) in [6, 6.07) is 11.6. The molecule has 2 atom stereocenters. The van der Waals surface area contributed by atoms with Crippen molar-refractivity contribution in [2.45, 2.75) is 44.2 Å². The molecule has 7 nitrogen and oxygen atoms in total. The molecule has 1 N–H and O–H groups in total. The highest BCUT2D eigenvalue weighted by Gasteiger charge is 2.36. The number of methoxy groups -OCH3 is 1. The van der Waals surface area contributed by atoms with Crippen LogP contribution in [0.5, 0.6) is 5.75 Å². The maximum absolute atomic E-state index is 14.3. The number of nitrogens with zero attached hydrogens (tertiary/aromatic N) is 3. The standard InChI is InChI=1S/C28H30ClFN4O3S/c1-33(18-13-14-34(15-18)16-21-22(29)6-4-7-23(21)30)27(36)20-5-3-8-24-25(20)31-28(38-24)32-26(35)17-9-11-19(37-2)12-10-17/h4,6-7,9-12,18,20H,3,5,8,13-16H2,1-2H3,(H,31,32,35). The molecule has 3 aromatic rings. The van der Waals surface area contributed by atoms with Gasteiger partial charge in [0.15, 0.2) is 5.13 Å². The van der Waals surface area contributed by atoms with E-state index in [-0.39, 0.29) is 29.6 Å². The number of benzene rings is 2. The molecule has 1 saturated heterocycles. The molecule has 1 fully saturated rings. The summed E-state index contributed by atoms with van der Waals surface area (Å²) in [5.74, 6) is -0.168. The van der Waals surface area contributed by atoms with Crippen molar-refractivity contribution in [1.29, 1.82) is 0 Å². The van der Waals surface area contributed by atoms with Gasteiger partial charge >= 0.3 is 0 Å². The number of thiazole rings is 1. The highest BCUT2D eigenvalue weighted by Crippen LogP contribution is 2.38. The van der Waals surface area contributed by atoms with Crippen LogP contribution in [0, 0.1) is 5.82 Å². The van der Waals surface area contributed by atoms with Gasteiger partial charge in [0.1, 0.15) is 11.6 Å². The second kappa shape index (κ2) is 11.4. The third-order valence-electron chi connectivity index (χ3n) is 7.41. The first-order valence-corrected chi connectivity index (χ1v) is 13.9. The molecule has 200 valence electrons. The number of carbonyl (C=O) groups excluding carboxylic acids is 2. The Morgan fingerprint density at radius 2 is 2.03 bits per heavy atom. The number of rotatable bonds is 7. The Kier molecular flexibility index (Phi) is 7.97. The van der Waals surface area contributed by atoms with Gasteiger partial charge in [-0.25, -0.2) is 9.37 Å². The maximum atomic E-state index is 14.3. The molecule has 0 saturated carbocycles. The Morgan fingerprint density at radius 3 is 2.76 bits per heavy atom. The van der Waals surface area contributed by atoms with Crippen molar-refractivity contribution in [3.05, 3.63) is 75.0 Å². The van der Waals surface area contributed by atoms with Crippen LogP contribution in [0.3, 0.4) is 0 Å². The van der Waals surface area contributed by atoms with Crippen LogP contribution in [0.1, 0.15) is 51.7 Å². The predicted molar refractivity (Wildman–Crippen MR) is 147 cm³/mol. The van der Waals surface area contributed by atoms with Gasteiger partial charge in [0.2, 0.25) is 5.91 Å². The van der Waals surface area contributed by atoms with Crippen molar-refractivity contribution in [1.82, 2.24) is 14.8 Å². The Balaban J connectivity index is 1.24. The van der Waals surface area contributed by atoms with Crippen LogP contribution in [0.15, 0.2) is 42.5 Å². The lowest BCUT2D eigenvalue weighted by Crippen LogP contribution is -2.42. The number of nitrogens with one attached hydrogen (secondary N) is 1. The fraction of sp³-hybridized carbons (Fsp3) is 0.393. The lowest BCUT2D eigenvalue weighted by molar-refractivity contribution is -0.133. The first-order valence-electron chi connectivity index (χ1n) is 12.7. The van der Waals surface area contributed by atoms with Gasteiger partial charge in [-0.1, -0.05) is 17.7 Å². The summed E-state index contributed by atoms with van der Waals surface area (Å²) in [4.78, 5) is 36.1. The summed E-state index contributed by atoms with van der Waals surface area (Å²) in [5.41, 5.74) is 1.78. The van der Waals surface area contributed by atoms with Gasteiger partial charge < -0.3 is 9.64 Å². The van der Waals surface area contributed by atoms with Crippen molar-refractivity contribution in [3.63, 3.8) is 0 Å². The number of fused-ring (bicyclic) bond motifs is 1. The Labute approximate surface area is 230 Å². The van der Waals surface area contributed by atoms with Gasteiger partial charge in [0.25, 0.3) is 5.91 Å². The number of hydrogen-bond donors (Lipinski definition) is 1. The highest BCUT2D eigenvalue weighted by molar-refractivity contribution is 7.16. The summed E-state index contributed by atoms with van der Waals surface area (Å²) < 4.78 is 19.4. The van der Waals surface area contributed by atoms with E-state index in [1.165, 1.54) is 17.4 Å². The van der Waals surface area contributed by atoms with E-state index in [0.717, 1.165) is 42.8 Å². The maximum Gasteiger partial charge on any atom is 0.257 e. The molecule has 2 amide bonds. The number of amides is 2. The van der Waals surface area contributed by atoms with Crippen LogP contribution in [0.4, 0.5) is 9.52 Å². The van der Waals surface area contributed by atoms with Gasteiger partial charge in [0.05, 0.1) is 18.7 Å². The average molecular weight is 557 g/mol. The fourth-order valence-corrected chi connectivity index (χ4v) is 6.51. The topological polar surface area (TPSA) is 74.8 Å². The van der Waals surface area contributed by atoms with Crippen molar-refractivity contribution < 1.29 is 18.7 Å². The van der Waals surface area contributed by atoms with Crippen LogP contribution >= 0.6 is 22.9 Å². The van der Waals surface area contributed by atoms with Gasteiger partial charge in [-0.3, -0.25) is 19.8 Å². The molecule has 0 radical (unpaired) electrons. The fourth-order valence-electron chi connectivity index (χ4n) is 5.23. The summed E-state index contributed by atoms with van der Waals surface area (Å²) in [7, 11) is 3.43. The van der Waals surface area contributed by atoms with E-state index in [0.29, 0.717) is 40.1 Å². The molecule has 5 rings (SSSR count). The number of anilines is 1. The molecular weight excluding hydrogens is 527 g/mol. The number of halogens is 2. The second-order valence-corrected chi connectivity index (χ2v) is 11.3. The second-order valence-electron chi connectivity index (χ2n) is 9.78. The molecule has 38 heavy (non-hydrogen) atoms. The van der Waals surface area contributed by atoms with Crippen LogP contribution in [0.2, 0.25) is 5.02 Å². The molecule has 1 aliphatic carbocycles. The summed E-state index contributed by atoms with van der Waals surface area (Å²) in [6.07, 6.45) is 3.29. The van der Waals surface area contributed by atoms with E-state index in [2.05, 4.69) is 10.2 Å². The normalized spacial score (nSPS) is 19.2. The molecular formula is C28H30ClFN4O3S. The van der Waals surface area contributed by atoms with Crippen LogP contribution in [-0.2, 0) is 17.8 Å². The lowest BCUT2D eigenvalue weighted by atomic mass is 9.89. The number of likely N-dealkylation sites (N-methyl/N-ethyl adjacent to an activating group) is 1. The quantitative estimate of drug-likeness (QED) is 0.425. The molecule has 1 aromatic heterocycles.